The predicted molar refractivity (Wildman–Crippen MR) is 59.6 cm³/mol. The van der Waals surface area contributed by atoms with Crippen LogP contribution >= 0.6 is 0 Å². The molecule has 0 aromatic heterocycles. The quantitative estimate of drug-likeness (QED) is 0.578. The molecule has 0 spiro atoms. The SMILES string of the molecule is CC(O)C/C=N\Nc1ccc(C#N)cc1. The van der Waals surface area contributed by atoms with Crippen LogP contribution in [-0.4, -0.2) is 17.4 Å². The zero-order valence-electron chi connectivity index (χ0n) is 8.51. The molecular formula is C11H13N3O. The number of nitrogens with one attached hydrogen (secondary N) is 1. The summed E-state index contributed by atoms with van der Waals surface area (Å²) in [5.41, 5.74) is 4.23. The molecule has 15 heavy (non-hydrogen) atoms. The summed E-state index contributed by atoms with van der Waals surface area (Å²) in [7, 11) is 0. The van der Waals surface area contributed by atoms with Crippen molar-refractivity contribution in [2.24, 2.45) is 5.10 Å². The third kappa shape index (κ3) is 4.25. The predicted octanol–water partition coefficient (Wildman–Crippen LogP) is 1.73. The van der Waals surface area contributed by atoms with Crippen LogP contribution in [0.15, 0.2) is 29.4 Å². The van der Waals surface area contributed by atoms with Gasteiger partial charge in [-0.2, -0.15) is 10.4 Å². The normalized spacial score (nSPS) is 12.3. The first-order chi connectivity index (χ1) is 7.22. The van der Waals surface area contributed by atoms with Crippen molar-refractivity contribution in [1.29, 1.82) is 5.26 Å². The molecule has 4 heteroatoms. The van der Waals surface area contributed by atoms with Crippen LogP contribution in [0, 0.1) is 11.3 Å². The minimum atomic E-state index is -0.378. The van der Waals surface area contributed by atoms with E-state index in [2.05, 4.69) is 10.5 Å². The fourth-order valence-corrected chi connectivity index (χ4v) is 0.945. The summed E-state index contributed by atoms with van der Waals surface area (Å²) in [5, 5.41) is 21.5. The fraction of sp³-hybridized carbons (Fsp3) is 0.273. The van der Waals surface area contributed by atoms with Gasteiger partial charge in [-0.3, -0.25) is 5.43 Å². The number of nitriles is 1. The maximum atomic E-state index is 8.96. The Bertz CT molecular complexity index is 362. The van der Waals surface area contributed by atoms with Gasteiger partial charge in [-0.05, 0) is 31.2 Å². The second kappa shape index (κ2) is 5.78. The molecule has 0 fully saturated rings. The van der Waals surface area contributed by atoms with Gasteiger partial charge in [0.1, 0.15) is 0 Å². The van der Waals surface area contributed by atoms with E-state index >= 15 is 0 Å². The monoisotopic (exact) mass is 203 g/mol. The molecule has 1 unspecified atom stereocenters. The van der Waals surface area contributed by atoms with E-state index in [0.717, 1.165) is 5.69 Å². The summed E-state index contributed by atoms with van der Waals surface area (Å²) in [6.45, 7) is 1.70. The second-order valence-corrected chi connectivity index (χ2v) is 3.20. The molecular weight excluding hydrogens is 190 g/mol. The molecule has 0 aliphatic rings. The van der Waals surface area contributed by atoms with Gasteiger partial charge in [0.15, 0.2) is 0 Å². The van der Waals surface area contributed by atoms with Gasteiger partial charge in [-0.25, -0.2) is 0 Å². The van der Waals surface area contributed by atoms with Gasteiger partial charge in [-0.1, -0.05) is 0 Å². The first-order valence-corrected chi connectivity index (χ1v) is 4.68. The highest BCUT2D eigenvalue weighted by atomic mass is 16.3. The fourth-order valence-electron chi connectivity index (χ4n) is 0.945. The topological polar surface area (TPSA) is 68.4 Å². The lowest BCUT2D eigenvalue weighted by molar-refractivity contribution is 0.204. The Hall–Kier alpha value is -1.86. The van der Waals surface area contributed by atoms with E-state index in [1.165, 1.54) is 0 Å². The third-order valence-corrected chi connectivity index (χ3v) is 1.75. The number of hydrazone groups is 1. The maximum absolute atomic E-state index is 8.96. The standard InChI is InChI=1S/C11H13N3O/c1-9(15)6-7-13-14-11-4-2-10(8-12)3-5-11/h2-5,7,9,14-15H,6H2,1H3/b13-7-. The molecule has 0 aliphatic carbocycles. The molecule has 0 saturated carbocycles. The second-order valence-electron chi connectivity index (χ2n) is 3.20. The molecule has 0 radical (unpaired) electrons. The van der Waals surface area contributed by atoms with E-state index in [4.69, 9.17) is 10.4 Å². The maximum Gasteiger partial charge on any atom is 0.0991 e. The number of benzene rings is 1. The summed E-state index contributed by atoms with van der Waals surface area (Å²) >= 11 is 0. The smallest absolute Gasteiger partial charge is 0.0991 e. The molecule has 0 amide bonds. The molecule has 0 aliphatic heterocycles. The number of aliphatic hydroxyl groups is 1. The molecule has 2 N–H and O–H groups in total. The molecule has 0 saturated heterocycles. The number of nitrogens with zero attached hydrogens (tertiary/aromatic N) is 2. The molecule has 1 rings (SSSR count). The van der Waals surface area contributed by atoms with Gasteiger partial charge >= 0.3 is 0 Å². The highest BCUT2D eigenvalue weighted by Crippen LogP contribution is 2.08. The number of hydrogen-bond donors (Lipinski definition) is 2. The van der Waals surface area contributed by atoms with Crippen LogP contribution in [0.4, 0.5) is 5.69 Å². The van der Waals surface area contributed by atoms with Crippen molar-refractivity contribution >= 4 is 11.9 Å². The van der Waals surface area contributed by atoms with Crippen molar-refractivity contribution in [2.45, 2.75) is 19.4 Å². The zero-order chi connectivity index (χ0) is 11.1. The first-order valence-electron chi connectivity index (χ1n) is 4.68. The average molecular weight is 203 g/mol. The average Bonchev–Trinajstić information content (AvgIpc) is 2.25. The van der Waals surface area contributed by atoms with Crippen LogP contribution in [0.25, 0.3) is 0 Å². The van der Waals surface area contributed by atoms with Crippen molar-refractivity contribution in [2.75, 3.05) is 5.43 Å². The van der Waals surface area contributed by atoms with E-state index < -0.39 is 0 Å². The van der Waals surface area contributed by atoms with Crippen molar-refractivity contribution in [3.8, 4) is 6.07 Å². The molecule has 1 atom stereocenters. The van der Waals surface area contributed by atoms with E-state index in [-0.39, 0.29) is 6.10 Å². The molecule has 0 heterocycles. The van der Waals surface area contributed by atoms with Crippen LogP contribution in [0.1, 0.15) is 18.9 Å². The minimum absolute atomic E-state index is 0.378. The highest BCUT2D eigenvalue weighted by molar-refractivity contribution is 5.60. The van der Waals surface area contributed by atoms with Crippen molar-refractivity contribution in [1.82, 2.24) is 0 Å². The lowest BCUT2D eigenvalue weighted by atomic mass is 10.2. The number of anilines is 1. The number of hydrogen-bond acceptors (Lipinski definition) is 4. The third-order valence-electron chi connectivity index (χ3n) is 1.75. The molecule has 1 aromatic carbocycles. The molecule has 1 aromatic rings. The summed E-state index contributed by atoms with van der Waals surface area (Å²) in [4.78, 5) is 0. The highest BCUT2D eigenvalue weighted by Gasteiger charge is 1.92. The summed E-state index contributed by atoms with van der Waals surface area (Å²) in [6.07, 6.45) is 1.75. The lowest BCUT2D eigenvalue weighted by Gasteiger charge is -2.00. The summed E-state index contributed by atoms with van der Waals surface area (Å²) in [6, 6.07) is 9.02. The van der Waals surface area contributed by atoms with Crippen molar-refractivity contribution < 1.29 is 5.11 Å². The zero-order valence-corrected chi connectivity index (χ0v) is 8.51. The number of rotatable bonds is 4. The first kappa shape index (κ1) is 11.2. The Morgan fingerprint density at radius 1 is 1.53 bits per heavy atom. The Balaban J connectivity index is 2.45. The Morgan fingerprint density at radius 3 is 2.73 bits per heavy atom. The van der Waals surface area contributed by atoms with Crippen LogP contribution in [0.3, 0.4) is 0 Å². The Labute approximate surface area is 88.9 Å². The van der Waals surface area contributed by atoms with Crippen molar-refractivity contribution in [3.63, 3.8) is 0 Å². The molecule has 0 bridgehead atoms. The van der Waals surface area contributed by atoms with Crippen LogP contribution in [0.5, 0.6) is 0 Å². The molecule has 78 valence electrons. The summed E-state index contributed by atoms with van der Waals surface area (Å²) < 4.78 is 0. The van der Waals surface area contributed by atoms with Gasteiger partial charge < -0.3 is 5.11 Å². The largest absolute Gasteiger partial charge is 0.393 e. The Morgan fingerprint density at radius 2 is 2.20 bits per heavy atom. The van der Waals surface area contributed by atoms with Gasteiger partial charge in [0, 0.05) is 12.6 Å². The van der Waals surface area contributed by atoms with Crippen LogP contribution in [-0.2, 0) is 0 Å². The van der Waals surface area contributed by atoms with Gasteiger partial charge in [0.25, 0.3) is 0 Å². The minimum Gasteiger partial charge on any atom is -0.393 e. The van der Waals surface area contributed by atoms with Gasteiger partial charge in [-0.15, -0.1) is 0 Å². The van der Waals surface area contributed by atoms with Crippen LogP contribution < -0.4 is 5.43 Å². The van der Waals surface area contributed by atoms with Crippen LogP contribution in [0.2, 0.25) is 0 Å². The van der Waals surface area contributed by atoms with E-state index in [9.17, 15) is 0 Å². The Kier molecular flexibility index (Phi) is 4.32. The van der Waals surface area contributed by atoms with E-state index in [0.29, 0.717) is 12.0 Å². The van der Waals surface area contributed by atoms with Gasteiger partial charge in [0.05, 0.1) is 23.4 Å². The lowest BCUT2D eigenvalue weighted by Crippen LogP contribution is -2.00. The summed E-state index contributed by atoms with van der Waals surface area (Å²) in [5.74, 6) is 0. The van der Waals surface area contributed by atoms with Gasteiger partial charge in [0.2, 0.25) is 0 Å². The molecule has 4 nitrogen and oxygen atoms in total. The van der Waals surface area contributed by atoms with Crippen molar-refractivity contribution in [3.05, 3.63) is 29.8 Å². The van der Waals surface area contributed by atoms with E-state index in [1.54, 1.807) is 37.4 Å². The van der Waals surface area contributed by atoms with E-state index in [1.807, 2.05) is 6.07 Å². The number of aliphatic hydroxyl groups excluding tert-OH is 1.